The number of thiophene rings is 1. The number of rotatable bonds is 1. The molecule has 0 bridgehead atoms. The number of imidazole rings is 1. The van der Waals surface area contributed by atoms with Gasteiger partial charge in [0.25, 0.3) is 0 Å². The molecule has 0 fully saturated rings. The van der Waals surface area contributed by atoms with Gasteiger partial charge in [-0.15, -0.1) is 11.3 Å². The minimum absolute atomic E-state index is 0.635. The monoisotopic (exact) mass is 287 g/mol. The molecular weight excluding hydrogens is 278 g/mol. The van der Waals surface area contributed by atoms with Crippen molar-refractivity contribution >= 4 is 34.0 Å². The van der Waals surface area contributed by atoms with Gasteiger partial charge in [-0.05, 0) is 36.1 Å². The van der Waals surface area contributed by atoms with Crippen molar-refractivity contribution in [3.8, 4) is 16.8 Å². The van der Waals surface area contributed by atoms with E-state index >= 15 is 0 Å². The lowest BCUT2D eigenvalue weighted by Gasteiger charge is -2.00. The number of halogens is 1. The highest BCUT2D eigenvalue weighted by Gasteiger charge is 2.16. The predicted molar refractivity (Wildman–Crippen MR) is 78.5 cm³/mol. The summed E-state index contributed by atoms with van der Waals surface area (Å²) in [7, 11) is 1.94. The molecule has 0 aliphatic rings. The maximum absolute atomic E-state index is 8.96. The van der Waals surface area contributed by atoms with Crippen LogP contribution in [0.4, 0.5) is 0 Å². The lowest BCUT2D eigenvalue weighted by atomic mass is 10.2. The Hall–Kier alpha value is -1.83. The van der Waals surface area contributed by atoms with Gasteiger partial charge in [0.15, 0.2) is 5.82 Å². The number of aromatic nitrogens is 2. The summed E-state index contributed by atoms with van der Waals surface area (Å²) in [6.45, 7) is 1.98. The maximum Gasteiger partial charge on any atom is 0.152 e. The van der Waals surface area contributed by atoms with Crippen LogP contribution in [-0.2, 0) is 7.05 Å². The van der Waals surface area contributed by atoms with Crippen LogP contribution in [0.25, 0.3) is 21.7 Å². The molecule has 0 saturated carbocycles. The number of nitriles is 1. The molecule has 3 rings (SSSR count). The summed E-state index contributed by atoms with van der Waals surface area (Å²) in [4.78, 5) is 5.58. The van der Waals surface area contributed by atoms with E-state index in [9.17, 15) is 0 Å². The second-order valence-electron chi connectivity index (χ2n) is 4.37. The van der Waals surface area contributed by atoms with E-state index in [-0.39, 0.29) is 0 Å². The number of nitrogens with zero attached hydrogens (tertiary/aromatic N) is 3. The minimum Gasteiger partial charge on any atom is -0.326 e. The quantitative estimate of drug-likeness (QED) is 0.675. The Kier molecular flexibility index (Phi) is 2.81. The molecular formula is C14H10ClN3S. The van der Waals surface area contributed by atoms with Crippen LogP contribution >= 0.6 is 22.9 Å². The number of hydrogen-bond donors (Lipinski definition) is 0. The molecule has 0 spiro atoms. The summed E-state index contributed by atoms with van der Waals surface area (Å²) in [6.07, 6.45) is 0. The number of benzene rings is 1. The normalized spacial score (nSPS) is 10.8. The van der Waals surface area contributed by atoms with Gasteiger partial charge in [-0.25, -0.2) is 4.98 Å². The summed E-state index contributed by atoms with van der Waals surface area (Å²) < 4.78 is 1.98. The first-order valence-electron chi connectivity index (χ1n) is 5.72. The van der Waals surface area contributed by atoms with E-state index in [1.807, 2.05) is 36.1 Å². The molecule has 0 radical (unpaired) electrons. The lowest BCUT2D eigenvalue weighted by molar-refractivity contribution is 0.962. The first-order chi connectivity index (χ1) is 9.11. The maximum atomic E-state index is 8.96. The smallest absolute Gasteiger partial charge is 0.152 e. The number of fused-ring (bicyclic) bond motifs is 1. The van der Waals surface area contributed by atoms with Gasteiger partial charge in [0, 0.05) is 7.05 Å². The van der Waals surface area contributed by atoms with Crippen molar-refractivity contribution in [2.75, 3.05) is 0 Å². The standard InChI is InChI=1S/C14H10ClN3S/c1-8-7-19-13(12(8)15)14-17-10-4-3-9(6-16)5-11(10)18(14)2/h3-5,7H,1-2H3. The highest BCUT2D eigenvalue weighted by atomic mass is 35.5. The third kappa shape index (κ3) is 1.83. The lowest BCUT2D eigenvalue weighted by Crippen LogP contribution is -1.91. The first-order valence-corrected chi connectivity index (χ1v) is 6.98. The largest absolute Gasteiger partial charge is 0.326 e. The Bertz CT molecular complexity index is 823. The number of hydrogen-bond acceptors (Lipinski definition) is 3. The predicted octanol–water partition coefficient (Wildman–Crippen LogP) is 4.14. The summed E-state index contributed by atoms with van der Waals surface area (Å²) in [5.41, 5.74) is 3.51. The summed E-state index contributed by atoms with van der Waals surface area (Å²) in [5, 5.41) is 11.7. The molecule has 0 aliphatic carbocycles. The fourth-order valence-electron chi connectivity index (χ4n) is 2.04. The highest BCUT2D eigenvalue weighted by Crippen LogP contribution is 2.36. The zero-order chi connectivity index (χ0) is 13.6. The highest BCUT2D eigenvalue weighted by molar-refractivity contribution is 7.14. The average Bonchev–Trinajstić information content (AvgIpc) is 2.92. The van der Waals surface area contributed by atoms with Crippen LogP contribution in [0.15, 0.2) is 23.6 Å². The number of aryl methyl sites for hydroxylation is 2. The van der Waals surface area contributed by atoms with Crippen LogP contribution in [0.3, 0.4) is 0 Å². The van der Waals surface area contributed by atoms with Gasteiger partial charge in [0.05, 0.1) is 32.6 Å². The van der Waals surface area contributed by atoms with Gasteiger partial charge in [-0.3, -0.25) is 0 Å². The topological polar surface area (TPSA) is 41.6 Å². The molecule has 2 aromatic heterocycles. The molecule has 0 aliphatic heterocycles. The molecule has 0 amide bonds. The Labute approximate surface area is 119 Å². The van der Waals surface area contributed by atoms with Gasteiger partial charge in [0.1, 0.15) is 0 Å². The molecule has 19 heavy (non-hydrogen) atoms. The Morgan fingerprint density at radius 3 is 2.84 bits per heavy atom. The van der Waals surface area contributed by atoms with Crippen LogP contribution in [-0.4, -0.2) is 9.55 Å². The third-order valence-corrected chi connectivity index (χ3v) is 4.81. The molecule has 3 aromatic rings. The Balaban J connectivity index is 2.29. The molecule has 1 aromatic carbocycles. The molecule has 0 unspecified atom stereocenters. The molecule has 5 heteroatoms. The fraction of sp³-hybridized carbons (Fsp3) is 0.143. The van der Waals surface area contributed by atoms with Crippen molar-refractivity contribution in [1.82, 2.24) is 9.55 Å². The van der Waals surface area contributed by atoms with E-state index in [1.165, 1.54) is 0 Å². The molecule has 0 N–H and O–H groups in total. The summed E-state index contributed by atoms with van der Waals surface area (Å²) in [6, 6.07) is 7.64. The fourth-order valence-corrected chi connectivity index (χ4v) is 3.35. The molecule has 2 heterocycles. The summed E-state index contributed by atoms with van der Waals surface area (Å²) >= 11 is 7.89. The van der Waals surface area contributed by atoms with E-state index < -0.39 is 0 Å². The van der Waals surface area contributed by atoms with Gasteiger partial charge in [-0.2, -0.15) is 5.26 Å². The zero-order valence-corrected chi connectivity index (χ0v) is 12.0. The van der Waals surface area contributed by atoms with Crippen molar-refractivity contribution in [2.24, 2.45) is 7.05 Å². The van der Waals surface area contributed by atoms with Crippen LogP contribution in [0, 0.1) is 18.3 Å². The van der Waals surface area contributed by atoms with E-state index in [0.29, 0.717) is 5.56 Å². The van der Waals surface area contributed by atoms with Crippen molar-refractivity contribution in [2.45, 2.75) is 6.92 Å². The zero-order valence-electron chi connectivity index (χ0n) is 10.4. The van der Waals surface area contributed by atoms with Crippen LogP contribution in [0.5, 0.6) is 0 Å². The molecule has 3 nitrogen and oxygen atoms in total. The van der Waals surface area contributed by atoms with Crippen molar-refractivity contribution < 1.29 is 0 Å². The SMILES string of the molecule is Cc1csc(-c2nc3ccc(C#N)cc3n2C)c1Cl. The van der Waals surface area contributed by atoms with Crippen LogP contribution < -0.4 is 0 Å². The Morgan fingerprint density at radius 2 is 2.21 bits per heavy atom. The van der Waals surface area contributed by atoms with Crippen molar-refractivity contribution in [3.05, 3.63) is 39.7 Å². The van der Waals surface area contributed by atoms with Gasteiger partial charge >= 0.3 is 0 Å². The van der Waals surface area contributed by atoms with E-state index in [0.717, 1.165) is 32.3 Å². The molecule has 0 atom stereocenters. The van der Waals surface area contributed by atoms with Crippen molar-refractivity contribution in [3.63, 3.8) is 0 Å². The van der Waals surface area contributed by atoms with Gasteiger partial charge in [0.2, 0.25) is 0 Å². The van der Waals surface area contributed by atoms with Crippen LogP contribution in [0.1, 0.15) is 11.1 Å². The van der Waals surface area contributed by atoms with E-state index in [2.05, 4.69) is 11.1 Å². The van der Waals surface area contributed by atoms with Gasteiger partial charge < -0.3 is 4.57 Å². The van der Waals surface area contributed by atoms with Crippen molar-refractivity contribution in [1.29, 1.82) is 5.26 Å². The average molecular weight is 288 g/mol. The van der Waals surface area contributed by atoms with E-state index in [1.54, 1.807) is 17.4 Å². The second kappa shape index (κ2) is 4.37. The molecule has 0 saturated heterocycles. The van der Waals surface area contributed by atoms with Gasteiger partial charge in [-0.1, -0.05) is 11.6 Å². The summed E-state index contributed by atoms with van der Waals surface area (Å²) in [5.74, 6) is 0.841. The first kappa shape index (κ1) is 12.2. The van der Waals surface area contributed by atoms with Crippen LogP contribution in [0.2, 0.25) is 5.02 Å². The molecule has 94 valence electrons. The minimum atomic E-state index is 0.635. The Morgan fingerprint density at radius 1 is 1.42 bits per heavy atom. The third-order valence-electron chi connectivity index (χ3n) is 3.11. The second-order valence-corrected chi connectivity index (χ2v) is 5.63. The van der Waals surface area contributed by atoms with E-state index in [4.69, 9.17) is 16.9 Å².